The van der Waals surface area contributed by atoms with E-state index >= 15 is 0 Å². The van der Waals surface area contributed by atoms with Gasteiger partial charge in [0, 0.05) is 5.56 Å². The van der Waals surface area contributed by atoms with Crippen molar-refractivity contribution in [3.8, 4) is 0 Å². The molecule has 5 heteroatoms. The molecule has 0 N–H and O–H groups in total. The molecule has 0 bridgehead atoms. The van der Waals surface area contributed by atoms with Crippen LogP contribution in [-0.2, 0) is 10.7 Å². The number of benzene rings is 1. The summed E-state index contributed by atoms with van der Waals surface area (Å²) in [5.41, 5.74) is -0.436. The van der Waals surface area contributed by atoms with Crippen molar-refractivity contribution >= 4 is 10.7 Å². The van der Waals surface area contributed by atoms with E-state index in [1.807, 2.05) is 0 Å². The molecule has 0 amide bonds. The Morgan fingerprint density at radius 1 is 1.17 bits per heavy atom. The topological polar surface area (TPSA) is 34.1 Å². The van der Waals surface area contributed by atoms with E-state index in [2.05, 4.69) is 0 Å². The highest BCUT2D eigenvalue weighted by Gasteiger charge is 2.12. The van der Waals surface area contributed by atoms with Gasteiger partial charge in [-0.15, -0.1) is 0 Å². The van der Waals surface area contributed by atoms with Crippen LogP contribution in [-0.4, -0.2) is 8.42 Å². The predicted octanol–water partition coefficient (Wildman–Crippen LogP) is 1.59. The summed E-state index contributed by atoms with van der Waals surface area (Å²) in [6, 6.07) is 5.05. The fraction of sp³-hybridized carbons (Fsp3) is 0.143. The van der Waals surface area contributed by atoms with E-state index in [0.29, 0.717) is 0 Å². The van der Waals surface area contributed by atoms with Crippen molar-refractivity contribution in [3.05, 3.63) is 29.8 Å². The van der Waals surface area contributed by atoms with E-state index < -0.39 is 22.7 Å². The second-order valence-electron chi connectivity index (χ2n) is 2.12. The summed E-state index contributed by atoms with van der Waals surface area (Å²) < 4.78 is 45.1. The lowest BCUT2D eigenvalue weighted by atomic mass is 10.2. The van der Waals surface area contributed by atoms with Gasteiger partial charge < -0.3 is 0 Å². The third-order valence-corrected chi connectivity index (χ3v) is 2.17. The van der Waals surface area contributed by atoms with Gasteiger partial charge in [-0.1, -0.05) is 18.2 Å². The second kappa shape index (κ2) is 3.62. The molecule has 66 valence electrons. The van der Waals surface area contributed by atoms with E-state index in [0.717, 1.165) is 12.1 Å². The van der Waals surface area contributed by atoms with Crippen molar-refractivity contribution in [3.63, 3.8) is 0 Å². The lowest BCUT2D eigenvalue weighted by Gasteiger charge is -2.00. The SMILES string of the molecule is O=[SH](=O)c1ccccc1C(F)F. The lowest BCUT2D eigenvalue weighted by Crippen LogP contribution is -1.91. The van der Waals surface area contributed by atoms with Crippen LogP contribution in [0.4, 0.5) is 8.78 Å². The van der Waals surface area contributed by atoms with Crippen molar-refractivity contribution < 1.29 is 17.2 Å². The van der Waals surface area contributed by atoms with E-state index in [9.17, 15) is 17.2 Å². The first-order valence-electron chi connectivity index (χ1n) is 3.14. The van der Waals surface area contributed by atoms with Gasteiger partial charge >= 0.3 is 0 Å². The normalized spacial score (nSPS) is 11.0. The first-order chi connectivity index (χ1) is 5.63. The zero-order valence-corrected chi connectivity index (χ0v) is 6.80. The Labute approximate surface area is 69.8 Å². The van der Waals surface area contributed by atoms with Crippen molar-refractivity contribution in [2.45, 2.75) is 11.3 Å². The van der Waals surface area contributed by atoms with Gasteiger partial charge in [0.15, 0.2) is 10.7 Å². The molecule has 12 heavy (non-hydrogen) atoms. The van der Waals surface area contributed by atoms with Crippen LogP contribution in [0.5, 0.6) is 0 Å². The number of hydrogen-bond donors (Lipinski definition) is 1. The standard InChI is InChI=1S/C7H6F2O2S/c8-7(9)5-3-1-2-4-6(5)12(10)11/h1-4,7,12H. The molecule has 0 aliphatic rings. The second-order valence-corrected chi connectivity index (χ2v) is 3.11. The summed E-state index contributed by atoms with van der Waals surface area (Å²) in [6.45, 7) is 0. The van der Waals surface area contributed by atoms with Gasteiger partial charge in [0.05, 0.1) is 4.90 Å². The molecule has 0 unspecified atom stereocenters. The highest BCUT2D eigenvalue weighted by atomic mass is 32.2. The van der Waals surface area contributed by atoms with Crippen LogP contribution in [0, 0.1) is 0 Å². The Bertz CT molecular complexity index is 339. The molecule has 0 atom stereocenters. The molecular formula is C7H6F2O2S. The molecule has 2 nitrogen and oxygen atoms in total. The van der Waals surface area contributed by atoms with E-state index in [-0.39, 0.29) is 4.90 Å². The predicted molar refractivity (Wildman–Crippen MR) is 40.0 cm³/mol. The Morgan fingerprint density at radius 3 is 2.17 bits per heavy atom. The quantitative estimate of drug-likeness (QED) is 0.722. The summed E-state index contributed by atoms with van der Waals surface area (Å²) >= 11 is 0. The maximum Gasteiger partial charge on any atom is 0.265 e. The fourth-order valence-corrected chi connectivity index (χ4v) is 1.43. The number of halogens is 2. The van der Waals surface area contributed by atoms with Crippen LogP contribution in [0.1, 0.15) is 12.0 Å². The van der Waals surface area contributed by atoms with Crippen LogP contribution in [0.3, 0.4) is 0 Å². The van der Waals surface area contributed by atoms with E-state index in [1.165, 1.54) is 12.1 Å². The summed E-state index contributed by atoms with van der Waals surface area (Å²) in [6.07, 6.45) is -2.74. The van der Waals surface area contributed by atoms with Crippen LogP contribution < -0.4 is 0 Å². The van der Waals surface area contributed by atoms with Gasteiger partial charge in [-0.25, -0.2) is 17.2 Å². The van der Waals surface area contributed by atoms with Crippen molar-refractivity contribution in [1.82, 2.24) is 0 Å². The van der Waals surface area contributed by atoms with Crippen LogP contribution in [0.25, 0.3) is 0 Å². The molecule has 0 spiro atoms. The average Bonchev–Trinajstić information content (AvgIpc) is 2.04. The third kappa shape index (κ3) is 1.79. The summed E-state index contributed by atoms with van der Waals surface area (Å²) in [7, 11) is -2.93. The molecule has 1 aromatic rings. The molecule has 0 saturated carbocycles. The van der Waals surface area contributed by atoms with E-state index in [1.54, 1.807) is 0 Å². The Hall–Kier alpha value is -0.970. The van der Waals surface area contributed by atoms with Gasteiger partial charge in [-0.3, -0.25) is 0 Å². The van der Waals surface area contributed by atoms with Crippen LogP contribution in [0.15, 0.2) is 29.2 Å². The highest BCUT2D eigenvalue weighted by Crippen LogP contribution is 2.23. The number of rotatable bonds is 2. The highest BCUT2D eigenvalue weighted by molar-refractivity contribution is 7.72. The average molecular weight is 192 g/mol. The summed E-state index contributed by atoms with van der Waals surface area (Å²) in [5, 5.41) is 0. The number of hydrogen-bond acceptors (Lipinski definition) is 2. The fourth-order valence-electron chi connectivity index (χ4n) is 0.838. The Morgan fingerprint density at radius 2 is 1.75 bits per heavy atom. The Balaban J connectivity index is 3.27. The molecule has 0 radical (unpaired) electrons. The largest absolute Gasteiger partial charge is 0.265 e. The molecule has 0 saturated heterocycles. The third-order valence-electron chi connectivity index (χ3n) is 1.37. The minimum atomic E-state index is -2.93. The molecule has 0 fully saturated rings. The smallest absolute Gasteiger partial charge is 0.227 e. The maximum absolute atomic E-state index is 12.1. The molecule has 1 aromatic carbocycles. The minimum absolute atomic E-state index is 0.303. The van der Waals surface area contributed by atoms with Crippen molar-refractivity contribution in [2.24, 2.45) is 0 Å². The molecular weight excluding hydrogens is 186 g/mol. The molecule has 0 aliphatic heterocycles. The molecule has 0 aromatic heterocycles. The minimum Gasteiger partial charge on any atom is -0.227 e. The van der Waals surface area contributed by atoms with Gasteiger partial charge in [0.2, 0.25) is 0 Å². The van der Waals surface area contributed by atoms with Crippen LogP contribution in [0.2, 0.25) is 0 Å². The Kier molecular flexibility index (Phi) is 2.75. The van der Waals surface area contributed by atoms with Gasteiger partial charge in [-0.05, 0) is 6.07 Å². The summed E-state index contributed by atoms with van der Waals surface area (Å²) in [4.78, 5) is -0.303. The van der Waals surface area contributed by atoms with Crippen molar-refractivity contribution in [1.29, 1.82) is 0 Å². The number of alkyl halides is 2. The number of thiol groups is 1. The van der Waals surface area contributed by atoms with Crippen molar-refractivity contribution in [2.75, 3.05) is 0 Å². The summed E-state index contributed by atoms with van der Waals surface area (Å²) in [5.74, 6) is 0. The maximum atomic E-state index is 12.1. The molecule has 1 rings (SSSR count). The van der Waals surface area contributed by atoms with E-state index in [4.69, 9.17) is 0 Å². The van der Waals surface area contributed by atoms with Gasteiger partial charge in [0.1, 0.15) is 0 Å². The molecule has 0 heterocycles. The first-order valence-corrected chi connectivity index (χ1v) is 4.32. The first kappa shape index (κ1) is 9.12. The zero-order valence-electron chi connectivity index (χ0n) is 5.91. The zero-order chi connectivity index (χ0) is 9.14. The van der Waals surface area contributed by atoms with Gasteiger partial charge in [-0.2, -0.15) is 0 Å². The van der Waals surface area contributed by atoms with Gasteiger partial charge in [0.25, 0.3) is 6.43 Å². The molecule has 0 aliphatic carbocycles. The monoisotopic (exact) mass is 192 g/mol. The lowest BCUT2D eigenvalue weighted by molar-refractivity contribution is 0.148. The van der Waals surface area contributed by atoms with Crippen LogP contribution >= 0.6 is 0 Å².